The molecule has 1 aliphatic heterocycles. The first-order valence-corrected chi connectivity index (χ1v) is 6.26. The Bertz CT molecular complexity index is 566. The maximum absolute atomic E-state index is 12.3. The van der Waals surface area contributed by atoms with Crippen molar-refractivity contribution in [3.63, 3.8) is 0 Å². The van der Waals surface area contributed by atoms with Crippen molar-refractivity contribution >= 4 is 35.6 Å². The van der Waals surface area contributed by atoms with Crippen LogP contribution in [0.1, 0.15) is 6.42 Å². The van der Waals surface area contributed by atoms with Gasteiger partial charge in [0.1, 0.15) is 6.54 Å². The number of anilines is 2. The molecular weight excluding hydrogens is 323 g/mol. The van der Waals surface area contributed by atoms with E-state index in [0.29, 0.717) is 16.3 Å². The minimum absolute atomic E-state index is 0. The number of amides is 2. The third-order valence-corrected chi connectivity index (χ3v) is 3.17. The van der Waals surface area contributed by atoms with Crippen LogP contribution in [-0.2, 0) is 9.59 Å². The van der Waals surface area contributed by atoms with Crippen LogP contribution in [0.3, 0.4) is 0 Å². The lowest BCUT2D eigenvalue weighted by atomic mass is 10.1. The van der Waals surface area contributed by atoms with Crippen molar-refractivity contribution in [1.82, 2.24) is 4.90 Å². The summed E-state index contributed by atoms with van der Waals surface area (Å²) in [6.45, 7) is -1.57. The maximum atomic E-state index is 12.3. The molecule has 1 saturated heterocycles. The van der Waals surface area contributed by atoms with E-state index in [0.717, 1.165) is 0 Å². The van der Waals surface area contributed by atoms with Crippen LogP contribution in [0.25, 0.3) is 0 Å². The third-order valence-electron chi connectivity index (χ3n) is 3.17. The zero-order chi connectivity index (χ0) is 15.6. The predicted octanol–water partition coefficient (Wildman–Crippen LogP) is 2.04. The van der Waals surface area contributed by atoms with Gasteiger partial charge in [-0.1, -0.05) is 12.1 Å². The number of hydrogen-bond acceptors (Lipinski definition) is 3. The minimum atomic E-state index is -4.47. The zero-order valence-electron chi connectivity index (χ0n) is 11.4. The van der Waals surface area contributed by atoms with Gasteiger partial charge in [-0.3, -0.25) is 9.59 Å². The molecule has 0 aromatic heterocycles. The summed E-state index contributed by atoms with van der Waals surface area (Å²) < 4.78 is 36.9. The van der Waals surface area contributed by atoms with Gasteiger partial charge < -0.3 is 16.0 Å². The van der Waals surface area contributed by atoms with Crippen LogP contribution in [-0.4, -0.2) is 36.0 Å². The smallest absolute Gasteiger partial charge is 0.397 e. The molecule has 3 N–H and O–H groups in total. The lowest BCUT2D eigenvalue weighted by Gasteiger charge is -2.18. The quantitative estimate of drug-likeness (QED) is 0.829. The van der Waals surface area contributed by atoms with Crippen molar-refractivity contribution < 1.29 is 22.8 Å². The second-order valence-corrected chi connectivity index (χ2v) is 4.87. The largest absolute Gasteiger partial charge is 0.406 e. The van der Waals surface area contributed by atoms with E-state index in [1.54, 1.807) is 24.3 Å². The molecule has 1 fully saturated rings. The van der Waals surface area contributed by atoms with Gasteiger partial charge >= 0.3 is 6.18 Å². The Balaban J connectivity index is 0.00000242. The number of nitrogen functional groups attached to an aromatic ring is 1. The Labute approximate surface area is 131 Å². The van der Waals surface area contributed by atoms with Crippen molar-refractivity contribution in [2.45, 2.75) is 12.6 Å². The van der Waals surface area contributed by atoms with E-state index in [4.69, 9.17) is 5.73 Å². The van der Waals surface area contributed by atoms with Crippen LogP contribution >= 0.6 is 12.4 Å². The van der Waals surface area contributed by atoms with Crippen LogP contribution in [0.15, 0.2) is 24.3 Å². The highest BCUT2D eigenvalue weighted by atomic mass is 35.5. The Hall–Kier alpha value is -1.96. The van der Waals surface area contributed by atoms with E-state index in [1.807, 2.05) is 0 Å². The number of nitrogens with one attached hydrogen (secondary N) is 1. The molecular formula is C13H15ClF3N3O2. The summed E-state index contributed by atoms with van der Waals surface area (Å²) in [4.78, 5) is 24.2. The highest BCUT2D eigenvalue weighted by Crippen LogP contribution is 2.25. The van der Waals surface area contributed by atoms with Gasteiger partial charge in [0.2, 0.25) is 11.8 Å². The Morgan fingerprint density at radius 3 is 2.59 bits per heavy atom. The van der Waals surface area contributed by atoms with E-state index in [9.17, 15) is 22.8 Å². The van der Waals surface area contributed by atoms with Gasteiger partial charge in [-0.2, -0.15) is 13.2 Å². The number of para-hydroxylation sites is 2. The van der Waals surface area contributed by atoms with Crippen LogP contribution in [0.5, 0.6) is 0 Å². The summed E-state index contributed by atoms with van der Waals surface area (Å²) in [5, 5.41) is 2.53. The highest BCUT2D eigenvalue weighted by molar-refractivity contribution is 5.99. The Kier molecular flexibility index (Phi) is 5.65. The molecule has 122 valence electrons. The molecule has 2 rings (SSSR count). The van der Waals surface area contributed by atoms with Crippen LogP contribution in [0, 0.1) is 5.92 Å². The summed E-state index contributed by atoms with van der Waals surface area (Å²) in [6.07, 6.45) is -4.69. The molecule has 1 atom stereocenters. The van der Waals surface area contributed by atoms with Gasteiger partial charge in [0, 0.05) is 13.0 Å². The summed E-state index contributed by atoms with van der Waals surface area (Å²) in [6, 6.07) is 6.53. The molecule has 0 radical (unpaired) electrons. The lowest BCUT2D eigenvalue weighted by Crippen LogP contribution is -2.36. The van der Waals surface area contributed by atoms with E-state index in [2.05, 4.69) is 5.32 Å². The summed E-state index contributed by atoms with van der Waals surface area (Å²) >= 11 is 0. The number of halogens is 4. The fraction of sp³-hybridized carbons (Fsp3) is 0.385. The van der Waals surface area contributed by atoms with Gasteiger partial charge in [0.05, 0.1) is 17.3 Å². The molecule has 1 aliphatic rings. The molecule has 0 spiro atoms. The number of hydrogen-bond donors (Lipinski definition) is 2. The van der Waals surface area contributed by atoms with Gasteiger partial charge in [0.25, 0.3) is 0 Å². The first-order chi connectivity index (χ1) is 9.76. The van der Waals surface area contributed by atoms with Crippen molar-refractivity contribution in [3.05, 3.63) is 24.3 Å². The maximum Gasteiger partial charge on any atom is 0.406 e. The van der Waals surface area contributed by atoms with Crippen molar-refractivity contribution in [1.29, 1.82) is 0 Å². The number of nitrogens with zero attached hydrogens (tertiary/aromatic N) is 1. The fourth-order valence-corrected chi connectivity index (χ4v) is 2.16. The fourth-order valence-electron chi connectivity index (χ4n) is 2.16. The number of likely N-dealkylation sites (tertiary alicyclic amines) is 1. The molecule has 22 heavy (non-hydrogen) atoms. The summed E-state index contributed by atoms with van der Waals surface area (Å²) in [5.41, 5.74) is 6.39. The van der Waals surface area contributed by atoms with E-state index in [1.165, 1.54) is 0 Å². The second-order valence-electron chi connectivity index (χ2n) is 4.87. The molecule has 1 unspecified atom stereocenters. The number of nitrogens with two attached hydrogens (primary N) is 1. The Morgan fingerprint density at radius 2 is 2.00 bits per heavy atom. The second kappa shape index (κ2) is 6.87. The standard InChI is InChI=1S/C13H14F3N3O2.ClH/c14-13(15,16)7-19-6-8(5-11(19)20)12(21)18-10-4-2-1-3-9(10)17;/h1-4,8H,5-7,17H2,(H,18,21);1H. The highest BCUT2D eigenvalue weighted by Gasteiger charge is 2.40. The summed E-state index contributed by atoms with van der Waals surface area (Å²) in [7, 11) is 0. The van der Waals surface area contributed by atoms with E-state index < -0.39 is 30.5 Å². The number of benzene rings is 1. The van der Waals surface area contributed by atoms with E-state index in [-0.39, 0.29) is 25.4 Å². The average molecular weight is 338 g/mol. The van der Waals surface area contributed by atoms with Crippen molar-refractivity contribution in [2.24, 2.45) is 5.92 Å². The van der Waals surface area contributed by atoms with Crippen LogP contribution in [0.2, 0.25) is 0 Å². The topological polar surface area (TPSA) is 75.4 Å². The van der Waals surface area contributed by atoms with Gasteiger partial charge in [-0.05, 0) is 12.1 Å². The summed E-state index contributed by atoms with van der Waals surface area (Å²) in [5.74, 6) is -1.99. The first-order valence-electron chi connectivity index (χ1n) is 6.26. The van der Waals surface area contributed by atoms with Crippen molar-refractivity contribution in [3.8, 4) is 0 Å². The monoisotopic (exact) mass is 337 g/mol. The van der Waals surface area contributed by atoms with Crippen LogP contribution < -0.4 is 11.1 Å². The molecule has 0 aliphatic carbocycles. The van der Waals surface area contributed by atoms with Crippen molar-refractivity contribution in [2.75, 3.05) is 24.1 Å². The minimum Gasteiger partial charge on any atom is -0.397 e. The molecule has 2 amide bonds. The first kappa shape index (κ1) is 18.1. The number of alkyl halides is 3. The predicted molar refractivity (Wildman–Crippen MR) is 77.5 cm³/mol. The van der Waals surface area contributed by atoms with Crippen LogP contribution in [0.4, 0.5) is 24.5 Å². The molecule has 1 aromatic carbocycles. The molecule has 0 saturated carbocycles. The molecule has 9 heteroatoms. The Morgan fingerprint density at radius 1 is 1.36 bits per heavy atom. The lowest BCUT2D eigenvalue weighted by molar-refractivity contribution is -0.157. The van der Waals surface area contributed by atoms with Gasteiger partial charge in [-0.15, -0.1) is 12.4 Å². The SMILES string of the molecule is Cl.Nc1ccccc1NC(=O)C1CC(=O)N(CC(F)(F)F)C1. The van der Waals surface area contributed by atoms with Gasteiger partial charge in [0.15, 0.2) is 0 Å². The number of rotatable bonds is 3. The van der Waals surface area contributed by atoms with E-state index >= 15 is 0 Å². The number of carbonyl (C=O) groups excluding carboxylic acids is 2. The average Bonchev–Trinajstić information content (AvgIpc) is 2.72. The van der Waals surface area contributed by atoms with Gasteiger partial charge in [-0.25, -0.2) is 0 Å². The molecule has 5 nitrogen and oxygen atoms in total. The molecule has 1 aromatic rings. The number of carbonyl (C=O) groups is 2. The zero-order valence-corrected chi connectivity index (χ0v) is 12.2. The molecule has 0 bridgehead atoms. The normalized spacial score (nSPS) is 18.0. The molecule has 1 heterocycles. The third kappa shape index (κ3) is 4.52.